The molecule has 0 bridgehead atoms. The lowest BCUT2D eigenvalue weighted by molar-refractivity contribution is -0.151. The summed E-state index contributed by atoms with van der Waals surface area (Å²) in [5, 5.41) is 0. The number of benzene rings is 1. The van der Waals surface area contributed by atoms with Crippen LogP contribution in [0.25, 0.3) is 0 Å². The van der Waals surface area contributed by atoms with Gasteiger partial charge in [-0.05, 0) is 31.5 Å². The molecular weight excluding hydrogens is 248 g/mol. The molecule has 104 valence electrons. The fraction of sp³-hybridized carbons (Fsp3) is 0.429. The molecular formula is C14H18O5. The van der Waals surface area contributed by atoms with Crippen molar-refractivity contribution in [1.29, 1.82) is 0 Å². The van der Waals surface area contributed by atoms with Gasteiger partial charge in [0.25, 0.3) is 0 Å². The molecule has 0 aliphatic heterocycles. The number of ketones is 1. The summed E-state index contributed by atoms with van der Waals surface area (Å²) < 4.78 is 15.2. The second kappa shape index (κ2) is 7.41. The quantitative estimate of drug-likeness (QED) is 0.556. The molecule has 0 atom stereocenters. The van der Waals surface area contributed by atoms with Crippen molar-refractivity contribution < 1.29 is 23.8 Å². The number of hydrogen-bond acceptors (Lipinski definition) is 5. The van der Waals surface area contributed by atoms with Crippen LogP contribution in [0.1, 0.15) is 19.4 Å². The number of carbonyl (C=O) groups is 2. The normalized spacial score (nSPS) is 9.84. The maximum absolute atomic E-state index is 11.5. The molecule has 0 spiro atoms. The first-order valence-corrected chi connectivity index (χ1v) is 6.12. The molecule has 0 saturated heterocycles. The molecule has 19 heavy (non-hydrogen) atoms. The van der Waals surface area contributed by atoms with Gasteiger partial charge in [0, 0.05) is 6.42 Å². The Hall–Kier alpha value is -2.04. The molecule has 5 heteroatoms. The number of Topliss-reactive ketones (excluding diaryl/α,β-unsaturated/α-hetero) is 1. The molecule has 0 amide bonds. The minimum Gasteiger partial charge on any atom is -0.490 e. The van der Waals surface area contributed by atoms with Crippen molar-refractivity contribution in [3.05, 3.63) is 23.8 Å². The maximum atomic E-state index is 11.5. The summed E-state index contributed by atoms with van der Waals surface area (Å²) in [4.78, 5) is 22.5. The van der Waals surface area contributed by atoms with E-state index in [-0.39, 0.29) is 6.42 Å². The van der Waals surface area contributed by atoms with E-state index in [9.17, 15) is 9.59 Å². The summed E-state index contributed by atoms with van der Waals surface area (Å²) in [6.07, 6.45) is -0.0147. The Labute approximate surface area is 112 Å². The molecule has 0 aliphatic carbocycles. The SMILES string of the molecule is CCOc1ccc(CC(=O)C(=O)OC)cc1OCC. The first kappa shape index (κ1) is 15.0. The molecule has 1 aromatic rings. The summed E-state index contributed by atoms with van der Waals surface area (Å²) in [5.41, 5.74) is 0.683. The monoisotopic (exact) mass is 266 g/mol. The lowest BCUT2D eigenvalue weighted by atomic mass is 10.1. The van der Waals surface area contributed by atoms with Crippen molar-refractivity contribution in [2.45, 2.75) is 20.3 Å². The molecule has 5 nitrogen and oxygen atoms in total. The van der Waals surface area contributed by atoms with E-state index in [0.29, 0.717) is 30.3 Å². The number of methoxy groups -OCH3 is 1. The van der Waals surface area contributed by atoms with Gasteiger partial charge in [-0.15, -0.1) is 0 Å². The van der Waals surface area contributed by atoms with Crippen LogP contribution in [0.4, 0.5) is 0 Å². The molecule has 0 radical (unpaired) electrons. The van der Waals surface area contributed by atoms with Crippen molar-refractivity contribution in [3.8, 4) is 11.5 Å². The molecule has 0 heterocycles. The van der Waals surface area contributed by atoms with Crippen LogP contribution in [0, 0.1) is 0 Å². The third kappa shape index (κ3) is 4.28. The summed E-state index contributed by atoms with van der Waals surface area (Å²) in [6, 6.07) is 5.16. The van der Waals surface area contributed by atoms with Gasteiger partial charge in [-0.2, -0.15) is 0 Å². The van der Waals surface area contributed by atoms with E-state index in [2.05, 4.69) is 4.74 Å². The van der Waals surface area contributed by atoms with Crippen molar-refractivity contribution in [1.82, 2.24) is 0 Å². The van der Waals surface area contributed by atoms with Crippen LogP contribution < -0.4 is 9.47 Å². The number of rotatable bonds is 7. The van der Waals surface area contributed by atoms with Crippen LogP contribution in [-0.4, -0.2) is 32.1 Å². The first-order valence-electron chi connectivity index (χ1n) is 6.12. The third-order valence-corrected chi connectivity index (χ3v) is 2.39. The van der Waals surface area contributed by atoms with E-state index in [1.807, 2.05) is 13.8 Å². The molecule has 0 aliphatic rings. The largest absolute Gasteiger partial charge is 0.490 e. The smallest absolute Gasteiger partial charge is 0.374 e. The van der Waals surface area contributed by atoms with Crippen molar-refractivity contribution >= 4 is 11.8 Å². The molecule has 0 aromatic heterocycles. The van der Waals surface area contributed by atoms with Crippen LogP contribution in [0.5, 0.6) is 11.5 Å². The third-order valence-electron chi connectivity index (χ3n) is 2.39. The Bertz CT molecular complexity index is 453. The Morgan fingerprint density at radius 3 is 2.26 bits per heavy atom. The molecule has 0 saturated carbocycles. The van der Waals surface area contributed by atoms with Crippen LogP contribution >= 0.6 is 0 Å². The van der Waals surface area contributed by atoms with Gasteiger partial charge >= 0.3 is 5.97 Å². The minimum absolute atomic E-state index is 0.0147. The lowest BCUT2D eigenvalue weighted by Gasteiger charge is -2.12. The van der Waals surface area contributed by atoms with Gasteiger partial charge < -0.3 is 14.2 Å². The predicted octanol–water partition coefficient (Wildman–Crippen LogP) is 1.77. The standard InChI is InChI=1S/C14H18O5/c1-4-18-12-7-6-10(9-13(12)19-5-2)8-11(15)14(16)17-3/h6-7,9H,4-5,8H2,1-3H3. The minimum atomic E-state index is -0.841. The highest BCUT2D eigenvalue weighted by molar-refractivity contribution is 6.34. The molecule has 0 N–H and O–H groups in total. The number of carbonyl (C=O) groups excluding carboxylic acids is 2. The van der Waals surface area contributed by atoms with E-state index in [1.54, 1.807) is 18.2 Å². The highest BCUT2D eigenvalue weighted by atomic mass is 16.5. The Kier molecular flexibility index (Phi) is 5.85. The van der Waals surface area contributed by atoms with E-state index >= 15 is 0 Å². The van der Waals surface area contributed by atoms with Crippen LogP contribution in [0.15, 0.2) is 18.2 Å². The Balaban J connectivity index is 2.88. The van der Waals surface area contributed by atoms with Crippen molar-refractivity contribution in [3.63, 3.8) is 0 Å². The highest BCUT2D eigenvalue weighted by Crippen LogP contribution is 2.28. The van der Waals surface area contributed by atoms with E-state index in [1.165, 1.54) is 7.11 Å². The predicted molar refractivity (Wildman–Crippen MR) is 69.5 cm³/mol. The maximum Gasteiger partial charge on any atom is 0.374 e. The topological polar surface area (TPSA) is 61.8 Å². The van der Waals surface area contributed by atoms with Gasteiger partial charge in [-0.1, -0.05) is 6.07 Å². The summed E-state index contributed by atoms with van der Waals surface area (Å²) >= 11 is 0. The molecule has 1 aromatic carbocycles. The van der Waals surface area contributed by atoms with Gasteiger partial charge in [0.1, 0.15) is 0 Å². The second-order valence-corrected chi connectivity index (χ2v) is 3.74. The molecule has 0 unspecified atom stereocenters. The van der Waals surface area contributed by atoms with E-state index in [4.69, 9.17) is 9.47 Å². The average molecular weight is 266 g/mol. The van der Waals surface area contributed by atoms with E-state index < -0.39 is 11.8 Å². The zero-order valence-electron chi connectivity index (χ0n) is 11.4. The first-order chi connectivity index (χ1) is 9.12. The van der Waals surface area contributed by atoms with Gasteiger partial charge in [0.2, 0.25) is 5.78 Å². The fourth-order valence-corrected chi connectivity index (χ4v) is 1.58. The van der Waals surface area contributed by atoms with Gasteiger partial charge in [-0.3, -0.25) is 4.79 Å². The van der Waals surface area contributed by atoms with E-state index in [0.717, 1.165) is 0 Å². The molecule has 1 rings (SSSR count). The summed E-state index contributed by atoms with van der Waals surface area (Å²) in [7, 11) is 1.18. The van der Waals surface area contributed by atoms with Gasteiger partial charge in [-0.25, -0.2) is 4.79 Å². The average Bonchev–Trinajstić information content (AvgIpc) is 2.41. The number of hydrogen-bond donors (Lipinski definition) is 0. The Morgan fingerprint density at radius 1 is 1.05 bits per heavy atom. The van der Waals surface area contributed by atoms with Gasteiger partial charge in [0.05, 0.1) is 20.3 Å². The van der Waals surface area contributed by atoms with Crippen LogP contribution in [0.3, 0.4) is 0 Å². The lowest BCUT2D eigenvalue weighted by Crippen LogP contribution is -2.17. The van der Waals surface area contributed by atoms with Crippen LogP contribution in [-0.2, 0) is 20.7 Å². The van der Waals surface area contributed by atoms with Crippen LogP contribution in [0.2, 0.25) is 0 Å². The Morgan fingerprint density at radius 2 is 1.68 bits per heavy atom. The summed E-state index contributed by atoms with van der Waals surface area (Å²) in [5.74, 6) is -0.237. The van der Waals surface area contributed by atoms with Crippen molar-refractivity contribution in [2.75, 3.05) is 20.3 Å². The highest BCUT2D eigenvalue weighted by Gasteiger charge is 2.15. The fourth-order valence-electron chi connectivity index (χ4n) is 1.58. The zero-order chi connectivity index (χ0) is 14.3. The number of esters is 1. The molecule has 0 fully saturated rings. The number of ether oxygens (including phenoxy) is 3. The summed E-state index contributed by atoms with van der Waals surface area (Å²) in [6.45, 7) is 4.77. The second-order valence-electron chi connectivity index (χ2n) is 3.74. The zero-order valence-corrected chi connectivity index (χ0v) is 11.4. The van der Waals surface area contributed by atoms with Gasteiger partial charge in [0.15, 0.2) is 11.5 Å². The van der Waals surface area contributed by atoms with Crippen molar-refractivity contribution in [2.24, 2.45) is 0 Å².